The maximum absolute atomic E-state index is 13.7. The van der Waals surface area contributed by atoms with Crippen molar-refractivity contribution >= 4 is 29.0 Å². The van der Waals surface area contributed by atoms with Crippen LogP contribution in [0.5, 0.6) is 0 Å². The average Bonchev–Trinajstić information content (AvgIpc) is 2.90. The average molecular weight is 530 g/mol. The molecule has 3 nitrogen and oxygen atoms in total. The van der Waals surface area contributed by atoms with E-state index in [1.54, 1.807) is 0 Å². The molecule has 0 saturated carbocycles. The number of carbonyl (C=O) groups excluding carboxylic acids is 1. The Kier molecular flexibility index (Phi) is 10.3. The fourth-order valence-electron chi connectivity index (χ4n) is 5.98. The van der Waals surface area contributed by atoms with E-state index in [-0.39, 0.29) is 17.9 Å². The van der Waals surface area contributed by atoms with Gasteiger partial charge >= 0.3 is 0 Å². The summed E-state index contributed by atoms with van der Waals surface area (Å²) in [4.78, 5) is 18.3. The lowest BCUT2D eigenvalue weighted by Gasteiger charge is -2.41. The SMILES string of the molecule is Cc1ccc(CC2CCN(C(CCl)C(=O)C(CCl)N3CCC(Cc4ccc(C)cc4)CC3)CC2)cc1. The zero-order valence-electron chi connectivity index (χ0n) is 22.0. The Bertz CT molecular complexity index is 868. The van der Waals surface area contributed by atoms with E-state index in [1.807, 2.05) is 0 Å². The second kappa shape index (κ2) is 13.4. The Hall–Kier alpha value is -1.39. The highest BCUT2D eigenvalue weighted by Gasteiger charge is 2.36. The van der Waals surface area contributed by atoms with E-state index < -0.39 is 0 Å². The third-order valence-electron chi connectivity index (χ3n) is 8.42. The number of aryl methyl sites for hydroxylation is 2. The van der Waals surface area contributed by atoms with Gasteiger partial charge < -0.3 is 0 Å². The Morgan fingerprint density at radius 1 is 0.694 bits per heavy atom. The van der Waals surface area contributed by atoms with Gasteiger partial charge in [-0.25, -0.2) is 0 Å². The molecule has 2 heterocycles. The van der Waals surface area contributed by atoms with Crippen LogP contribution in [-0.2, 0) is 17.6 Å². The fraction of sp³-hybridized carbons (Fsp3) is 0.581. The Balaban J connectivity index is 1.27. The zero-order valence-corrected chi connectivity index (χ0v) is 23.5. The largest absolute Gasteiger partial charge is 0.296 e. The summed E-state index contributed by atoms with van der Waals surface area (Å²) in [5, 5.41) is 0. The first-order chi connectivity index (χ1) is 17.5. The molecular formula is C31H42Cl2N2O. The van der Waals surface area contributed by atoms with Crippen molar-refractivity contribution < 1.29 is 4.79 Å². The van der Waals surface area contributed by atoms with E-state index in [0.717, 1.165) is 64.7 Å². The Morgan fingerprint density at radius 2 is 1.03 bits per heavy atom. The first-order valence-corrected chi connectivity index (χ1v) is 14.8. The second-order valence-electron chi connectivity index (χ2n) is 11.1. The molecule has 2 aliphatic rings. The summed E-state index contributed by atoms with van der Waals surface area (Å²) in [6.07, 6.45) is 6.70. The van der Waals surface area contributed by atoms with Crippen LogP contribution in [0.2, 0.25) is 0 Å². The summed E-state index contributed by atoms with van der Waals surface area (Å²) in [5.74, 6) is 2.25. The van der Waals surface area contributed by atoms with Crippen molar-refractivity contribution in [3.8, 4) is 0 Å². The van der Waals surface area contributed by atoms with Crippen LogP contribution in [0.4, 0.5) is 0 Å². The number of carbonyl (C=O) groups is 1. The maximum Gasteiger partial charge on any atom is 0.169 e. The van der Waals surface area contributed by atoms with Gasteiger partial charge in [-0.05, 0) is 102 Å². The number of halogens is 2. The fourth-order valence-corrected chi connectivity index (χ4v) is 6.68. The molecule has 4 rings (SSSR count). The summed E-state index contributed by atoms with van der Waals surface area (Å²) in [6.45, 7) is 8.02. The van der Waals surface area contributed by atoms with Crippen molar-refractivity contribution in [3.63, 3.8) is 0 Å². The van der Waals surface area contributed by atoms with E-state index >= 15 is 0 Å². The van der Waals surface area contributed by atoms with Crippen molar-refractivity contribution in [1.29, 1.82) is 0 Å². The molecule has 2 saturated heterocycles. The van der Waals surface area contributed by atoms with Gasteiger partial charge in [0.25, 0.3) is 0 Å². The van der Waals surface area contributed by atoms with E-state index in [0.29, 0.717) is 23.6 Å². The predicted molar refractivity (Wildman–Crippen MR) is 152 cm³/mol. The van der Waals surface area contributed by atoms with Gasteiger partial charge in [-0.1, -0.05) is 59.7 Å². The van der Waals surface area contributed by atoms with E-state index in [4.69, 9.17) is 23.2 Å². The number of piperidine rings is 2. The molecule has 0 spiro atoms. The molecule has 0 aliphatic carbocycles. The van der Waals surface area contributed by atoms with Crippen LogP contribution in [0.3, 0.4) is 0 Å². The highest BCUT2D eigenvalue weighted by molar-refractivity contribution is 6.22. The van der Waals surface area contributed by atoms with Gasteiger partial charge in [0.15, 0.2) is 5.78 Å². The van der Waals surface area contributed by atoms with Gasteiger partial charge in [-0.15, -0.1) is 23.2 Å². The van der Waals surface area contributed by atoms with Crippen LogP contribution in [0.1, 0.15) is 47.9 Å². The van der Waals surface area contributed by atoms with Crippen molar-refractivity contribution in [2.75, 3.05) is 37.9 Å². The normalized spacial score (nSPS) is 20.3. The lowest BCUT2D eigenvalue weighted by Crippen LogP contribution is -2.56. The maximum atomic E-state index is 13.7. The monoisotopic (exact) mass is 528 g/mol. The van der Waals surface area contributed by atoms with Gasteiger partial charge in [-0.2, -0.15) is 0 Å². The molecule has 0 radical (unpaired) electrons. The summed E-state index contributed by atoms with van der Waals surface area (Å²) >= 11 is 12.8. The van der Waals surface area contributed by atoms with E-state index in [1.165, 1.54) is 22.3 Å². The minimum Gasteiger partial charge on any atom is -0.296 e. The summed E-state index contributed by atoms with van der Waals surface area (Å²) in [5.41, 5.74) is 5.44. The number of Topliss-reactive ketones (excluding diaryl/α,β-unsaturated/α-hetero) is 1. The van der Waals surface area contributed by atoms with Crippen molar-refractivity contribution in [2.24, 2.45) is 11.8 Å². The van der Waals surface area contributed by atoms with E-state index in [9.17, 15) is 4.79 Å². The molecule has 2 aliphatic heterocycles. The molecule has 2 aromatic rings. The first-order valence-electron chi connectivity index (χ1n) is 13.7. The van der Waals surface area contributed by atoms with Crippen molar-refractivity contribution in [1.82, 2.24) is 9.80 Å². The molecule has 2 aromatic carbocycles. The molecule has 5 heteroatoms. The van der Waals surface area contributed by atoms with Crippen LogP contribution in [-0.4, -0.2) is 65.6 Å². The van der Waals surface area contributed by atoms with Gasteiger partial charge in [0.1, 0.15) is 0 Å². The number of alkyl halides is 2. The Labute approximate surface area is 228 Å². The molecule has 2 unspecified atom stereocenters. The first kappa shape index (κ1) is 27.6. The van der Waals surface area contributed by atoms with Crippen LogP contribution in [0, 0.1) is 25.7 Å². The molecular weight excluding hydrogens is 487 g/mol. The molecule has 0 aromatic heterocycles. The molecule has 0 bridgehead atoms. The van der Waals surface area contributed by atoms with Crippen LogP contribution in [0.25, 0.3) is 0 Å². The number of rotatable bonds is 10. The van der Waals surface area contributed by atoms with Crippen molar-refractivity contribution in [2.45, 2.75) is 64.5 Å². The van der Waals surface area contributed by atoms with Gasteiger partial charge in [0, 0.05) is 11.8 Å². The summed E-state index contributed by atoms with van der Waals surface area (Å²) in [6, 6.07) is 17.3. The summed E-state index contributed by atoms with van der Waals surface area (Å²) < 4.78 is 0. The number of ketones is 1. The third-order valence-corrected chi connectivity index (χ3v) is 9.00. The van der Waals surface area contributed by atoms with Crippen LogP contribution < -0.4 is 0 Å². The molecule has 0 N–H and O–H groups in total. The quantitative estimate of drug-likeness (QED) is 0.338. The Morgan fingerprint density at radius 3 is 1.33 bits per heavy atom. The molecule has 2 atom stereocenters. The highest BCUT2D eigenvalue weighted by Crippen LogP contribution is 2.27. The zero-order chi connectivity index (χ0) is 25.5. The minimum atomic E-state index is -0.235. The minimum absolute atomic E-state index is 0.217. The van der Waals surface area contributed by atoms with Gasteiger partial charge in [-0.3, -0.25) is 14.6 Å². The standard InChI is InChI=1S/C31H42Cl2N2O/c1-23-3-7-25(8-4-23)19-27-11-15-34(16-12-27)29(21-32)31(36)30(22-33)35-17-13-28(14-18-35)20-26-9-5-24(2)6-10-26/h3-10,27-30H,11-22H2,1-2H3. The lowest BCUT2D eigenvalue weighted by atomic mass is 9.88. The second-order valence-corrected chi connectivity index (χ2v) is 11.7. The smallest absolute Gasteiger partial charge is 0.169 e. The summed E-state index contributed by atoms with van der Waals surface area (Å²) in [7, 11) is 0. The number of hydrogen-bond acceptors (Lipinski definition) is 3. The lowest BCUT2D eigenvalue weighted by molar-refractivity contribution is -0.129. The molecule has 196 valence electrons. The molecule has 0 amide bonds. The van der Waals surface area contributed by atoms with E-state index in [2.05, 4.69) is 72.2 Å². The van der Waals surface area contributed by atoms with Gasteiger partial charge in [0.2, 0.25) is 0 Å². The van der Waals surface area contributed by atoms with Crippen LogP contribution in [0.15, 0.2) is 48.5 Å². The number of nitrogens with zero attached hydrogens (tertiary/aromatic N) is 2. The van der Waals surface area contributed by atoms with Crippen molar-refractivity contribution in [3.05, 3.63) is 70.8 Å². The number of likely N-dealkylation sites (tertiary alicyclic amines) is 2. The number of benzene rings is 2. The molecule has 36 heavy (non-hydrogen) atoms. The molecule has 2 fully saturated rings. The third kappa shape index (κ3) is 7.34. The number of hydrogen-bond donors (Lipinski definition) is 0. The van der Waals surface area contributed by atoms with Gasteiger partial charge in [0.05, 0.1) is 12.1 Å². The van der Waals surface area contributed by atoms with Crippen LogP contribution >= 0.6 is 23.2 Å². The topological polar surface area (TPSA) is 23.6 Å². The highest BCUT2D eigenvalue weighted by atomic mass is 35.5. The predicted octanol–water partition coefficient (Wildman–Crippen LogP) is 6.30.